The van der Waals surface area contributed by atoms with Gasteiger partial charge >= 0.3 is 0 Å². The summed E-state index contributed by atoms with van der Waals surface area (Å²) in [4.78, 5) is 4.07. The lowest BCUT2D eigenvalue weighted by atomic mass is 10.3. The molecule has 2 nitrogen and oxygen atoms in total. The van der Waals surface area contributed by atoms with Crippen molar-refractivity contribution in [1.82, 2.24) is 4.98 Å². The van der Waals surface area contributed by atoms with E-state index in [-0.39, 0.29) is 0 Å². The first-order chi connectivity index (χ1) is 6.45. The van der Waals surface area contributed by atoms with Gasteiger partial charge in [-0.05, 0) is 12.1 Å². The van der Waals surface area contributed by atoms with Gasteiger partial charge in [0.2, 0.25) is 0 Å². The third-order valence-electron chi connectivity index (χ3n) is 1.87. The quantitative estimate of drug-likeness (QED) is 0.624. The van der Waals surface area contributed by atoms with Gasteiger partial charge in [0.25, 0.3) is 0 Å². The normalized spacial score (nSPS) is 9.85. The van der Waals surface area contributed by atoms with Crippen LogP contribution in [0.1, 0.15) is 5.56 Å². The van der Waals surface area contributed by atoms with E-state index >= 15 is 0 Å². The summed E-state index contributed by atoms with van der Waals surface area (Å²) in [6.45, 7) is 0.884. The highest BCUT2D eigenvalue weighted by atomic mass is 14.9. The second-order valence-corrected chi connectivity index (χ2v) is 2.91. The van der Waals surface area contributed by atoms with E-state index in [1.165, 1.54) is 5.56 Å². The molecule has 0 aromatic carbocycles. The van der Waals surface area contributed by atoms with Crippen molar-refractivity contribution in [2.24, 2.45) is 0 Å². The maximum atomic E-state index is 4.07. The minimum Gasteiger partial charge on any atom is -0.264 e. The molecule has 0 aliphatic heterocycles. The second-order valence-electron chi connectivity index (χ2n) is 2.91. The fourth-order valence-electron chi connectivity index (χ4n) is 1.24. The van der Waals surface area contributed by atoms with Gasteiger partial charge in [-0.1, -0.05) is 6.07 Å². The fourth-order valence-corrected chi connectivity index (χ4v) is 1.24. The lowest BCUT2D eigenvalue weighted by molar-refractivity contribution is -0.688. The molecule has 64 valence electrons. The first-order valence-electron chi connectivity index (χ1n) is 4.28. The van der Waals surface area contributed by atoms with Crippen LogP contribution in [0.25, 0.3) is 0 Å². The van der Waals surface area contributed by atoms with Crippen molar-refractivity contribution in [2.45, 2.75) is 6.54 Å². The summed E-state index contributed by atoms with van der Waals surface area (Å²) in [5.74, 6) is 0. The molecule has 0 aliphatic carbocycles. The van der Waals surface area contributed by atoms with Crippen molar-refractivity contribution < 1.29 is 4.57 Å². The number of nitrogens with zero attached hydrogens (tertiary/aromatic N) is 2. The van der Waals surface area contributed by atoms with E-state index in [1.54, 1.807) is 6.20 Å². The zero-order valence-corrected chi connectivity index (χ0v) is 7.30. The van der Waals surface area contributed by atoms with E-state index in [0.717, 1.165) is 6.54 Å². The summed E-state index contributed by atoms with van der Waals surface area (Å²) < 4.78 is 2.12. The van der Waals surface area contributed by atoms with Gasteiger partial charge in [-0.3, -0.25) is 4.98 Å². The summed E-state index contributed by atoms with van der Waals surface area (Å²) in [6, 6.07) is 10.1. The third-order valence-corrected chi connectivity index (χ3v) is 1.87. The van der Waals surface area contributed by atoms with E-state index < -0.39 is 0 Å². The van der Waals surface area contributed by atoms with Gasteiger partial charge in [0.1, 0.15) is 0 Å². The topological polar surface area (TPSA) is 16.8 Å². The highest BCUT2D eigenvalue weighted by Gasteiger charge is 1.98. The van der Waals surface area contributed by atoms with Gasteiger partial charge in [0.15, 0.2) is 18.9 Å². The van der Waals surface area contributed by atoms with Gasteiger partial charge in [-0.25, -0.2) is 4.57 Å². The summed E-state index contributed by atoms with van der Waals surface area (Å²) in [5, 5.41) is 0. The highest BCUT2D eigenvalue weighted by Crippen LogP contribution is 1.93. The first kappa shape index (κ1) is 7.92. The van der Waals surface area contributed by atoms with Crippen LogP contribution in [0.5, 0.6) is 0 Å². The number of rotatable bonds is 2. The van der Waals surface area contributed by atoms with Crippen LogP contribution in [-0.4, -0.2) is 4.98 Å². The van der Waals surface area contributed by atoms with Crippen LogP contribution in [0, 0.1) is 0 Å². The number of pyridine rings is 2. The van der Waals surface area contributed by atoms with E-state index in [2.05, 4.69) is 15.6 Å². The van der Waals surface area contributed by atoms with Crippen molar-refractivity contribution in [3.8, 4) is 0 Å². The Morgan fingerprint density at radius 1 is 1.08 bits per heavy atom. The van der Waals surface area contributed by atoms with Crippen LogP contribution in [0.3, 0.4) is 0 Å². The molecule has 0 amide bonds. The monoisotopic (exact) mass is 171 g/mol. The lowest BCUT2D eigenvalue weighted by Crippen LogP contribution is -2.32. The minimum absolute atomic E-state index is 0.884. The molecule has 2 heterocycles. The molecular formula is C11H11N2+. The van der Waals surface area contributed by atoms with Crippen molar-refractivity contribution >= 4 is 0 Å². The van der Waals surface area contributed by atoms with E-state index in [1.807, 2.05) is 42.9 Å². The van der Waals surface area contributed by atoms with Crippen LogP contribution < -0.4 is 4.57 Å². The molecule has 0 saturated carbocycles. The predicted molar refractivity (Wildman–Crippen MR) is 50.0 cm³/mol. The number of hydrogen-bond acceptors (Lipinski definition) is 1. The lowest BCUT2D eigenvalue weighted by Gasteiger charge is -1.95. The molecule has 0 N–H and O–H groups in total. The minimum atomic E-state index is 0.884. The van der Waals surface area contributed by atoms with Crippen LogP contribution in [0.4, 0.5) is 0 Å². The van der Waals surface area contributed by atoms with Crippen molar-refractivity contribution in [3.05, 3.63) is 60.7 Å². The average molecular weight is 171 g/mol. The Hall–Kier alpha value is -1.70. The molecule has 13 heavy (non-hydrogen) atoms. The predicted octanol–water partition coefficient (Wildman–Crippen LogP) is 1.42. The van der Waals surface area contributed by atoms with E-state index in [4.69, 9.17) is 0 Å². The van der Waals surface area contributed by atoms with Crippen molar-refractivity contribution in [1.29, 1.82) is 0 Å². The molecule has 0 atom stereocenters. The van der Waals surface area contributed by atoms with Crippen LogP contribution in [-0.2, 0) is 6.54 Å². The third kappa shape index (κ3) is 2.12. The van der Waals surface area contributed by atoms with E-state index in [9.17, 15) is 0 Å². The van der Waals surface area contributed by atoms with Gasteiger partial charge in [-0.15, -0.1) is 0 Å². The Morgan fingerprint density at radius 2 is 1.92 bits per heavy atom. The van der Waals surface area contributed by atoms with Crippen LogP contribution in [0.15, 0.2) is 55.1 Å². The molecule has 0 radical (unpaired) electrons. The van der Waals surface area contributed by atoms with Gasteiger partial charge < -0.3 is 0 Å². The summed E-state index contributed by atoms with van der Waals surface area (Å²) in [7, 11) is 0. The van der Waals surface area contributed by atoms with Gasteiger partial charge in [0, 0.05) is 30.1 Å². The average Bonchev–Trinajstić information content (AvgIpc) is 2.21. The molecule has 2 heteroatoms. The number of aromatic nitrogens is 2. The Kier molecular flexibility index (Phi) is 2.32. The molecule has 2 rings (SSSR count). The molecule has 0 aliphatic rings. The molecule has 2 aromatic heterocycles. The second kappa shape index (κ2) is 3.81. The molecule has 0 bridgehead atoms. The smallest absolute Gasteiger partial charge is 0.175 e. The molecule has 0 saturated heterocycles. The zero-order valence-electron chi connectivity index (χ0n) is 7.30. The first-order valence-corrected chi connectivity index (χ1v) is 4.28. The van der Waals surface area contributed by atoms with Crippen molar-refractivity contribution in [2.75, 3.05) is 0 Å². The maximum absolute atomic E-state index is 4.07. The Balaban J connectivity index is 2.16. The number of hydrogen-bond donors (Lipinski definition) is 0. The molecule has 0 unspecified atom stereocenters. The zero-order chi connectivity index (χ0) is 8.93. The standard InChI is InChI=1S/C11H11N2/c1-2-7-13(8-3-1)10-11-5-4-6-12-9-11/h1-9H,10H2/q+1. The Bertz CT molecular complexity index is 319. The van der Waals surface area contributed by atoms with Crippen LogP contribution >= 0.6 is 0 Å². The SMILES string of the molecule is c1cc[n+](Cc2cccnc2)cc1. The molecular weight excluding hydrogens is 160 g/mol. The van der Waals surface area contributed by atoms with Gasteiger partial charge in [-0.2, -0.15) is 0 Å². The largest absolute Gasteiger partial charge is 0.264 e. The van der Waals surface area contributed by atoms with E-state index in [0.29, 0.717) is 0 Å². The molecule has 0 fully saturated rings. The summed E-state index contributed by atoms with van der Waals surface area (Å²) >= 11 is 0. The highest BCUT2D eigenvalue weighted by molar-refractivity contribution is 5.06. The Labute approximate surface area is 77.5 Å². The Morgan fingerprint density at radius 3 is 2.62 bits per heavy atom. The summed E-state index contributed by atoms with van der Waals surface area (Å²) in [6.07, 6.45) is 7.78. The van der Waals surface area contributed by atoms with Crippen LogP contribution in [0.2, 0.25) is 0 Å². The van der Waals surface area contributed by atoms with Crippen molar-refractivity contribution in [3.63, 3.8) is 0 Å². The fraction of sp³-hybridized carbons (Fsp3) is 0.0909. The molecule has 0 spiro atoms. The van der Waals surface area contributed by atoms with Gasteiger partial charge in [0.05, 0.1) is 0 Å². The maximum Gasteiger partial charge on any atom is 0.175 e. The molecule has 2 aromatic rings. The summed E-state index contributed by atoms with van der Waals surface area (Å²) in [5.41, 5.74) is 1.22.